The number of aliphatic hydroxyl groups is 1. The number of rotatable bonds is 5. The molecule has 0 spiro atoms. The molecule has 1 aliphatic heterocycles. The van der Waals surface area contributed by atoms with Gasteiger partial charge in [-0.15, -0.1) is 0 Å². The summed E-state index contributed by atoms with van der Waals surface area (Å²) in [7, 11) is 0. The Morgan fingerprint density at radius 2 is 2.24 bits per heavy atom. The van der Waals surface area contributed by atoms with E-state index in [1.165, 1.54) is 17.1 Å². The highest BCUT2D eigenvalue weighted by Crippen LogP contribution is 2.19. The number of aliphatic hydroxyl groups excluding tert-OH is 1. The third-order valence-corrected chi connectivity index (χ3v) is 3.27. The van der Waals surface area contributed by atoms with E-state index in [0.29, 0.717) is 0 Å². The Bertz CT molecular complexity index is 571. The summed E-state index contributed by atoms with van der Waals surface area (Å²) in [5, 5.41) is 29.0. The fourth-order valence-electron chi connectivity index (χ4n) is 2.26. The molecule has 2 atom stereocenters. The third kappa shape index (κ3) is 3.34. The largest absolute Gasteiger partial charge is 0.480 e. The van der Waals surface area contributed by atoms with E-state index in [1.54, 1.807) is 0 Å². The average Bonchev–Trinajstić information content (AvgIpc) is 3.02. The van der Waals surface area contributed by atoms with Gasteiger partial charge >= 0.3 is 11.8 Å². The van der Waals surface area contributed by atoms with Gasteiger partial charge in [-0.1, -0.05) is 0 Å². The number of nitro groups is 1. The lowest BCUT2D eigenvalue weighted by atomic mass is 10.2. The molecule has 1 aromatic heterocycles. The van der Waals surface area contributed by atoms with E-state index < -0.39 is 28.9 Å². The number of carbonyl (C=O) groups excluding carboxylic acids is 1. The van der Waals surface area contributed by atoms with Gasteiger partial charge in [0.1, 0.15) is 12.2 Å². The zero-order valence-electron chi connectivity index (χ0n) is 11.0. The maximum absolute atomic E-state index is 12.0. The molecule has 0 radical (unpaired) electrons. The van der Waals surface area contributed by atoms with Crippen molar-refractivity contribution in [2.24, 2.45) is 0 Å². The number of aryl methyl sites for hydroxylation is 1. The van der Waals surface area contributed by atoms with Crippen LogP contribution in [0.4, 0.5) is 5.82 Å². The summed E-state index contributed by atoms with van der Waals surface area (Å²) >= 11 is 0. The molecule has 1 aromatic rings. The first-order valence-corrected chi connectivity index (χ1v) is 6.25. The van der Waals surface area contributed by atoms with Gasteiger partial charge < -0.3 is 29.8 Å². The quantitative estimate of drug-likeness (QED) is 0.537. The summed E-state index contributed by atoms with van der Waals surface area (Å²) in [6.45, 7) is 0.137. The van der Waals surface area contributed by atoms with Crippen molar-refractivity contribution in [3.63, 3.8) is 0 Å². The second-order valence-electron chi connectivity index (χ2n) is 4.77. The van der Waals surface area contributed by atoms with Gasteiger partial charge in [0, 0.05) is 25.9 Å². The van der Waals surface area contributed by atoms with Crippen molar-refractivity contribution in [2.75, 3.05) is 6.54 Å². The molecule has 21 heavy (non-hydrogen) atoms. The van der Waals surface area contributed by atoms with E-state index in [1.807, 2.05) is 0 Å². The molecule has 1 saturated heterocycles. The Labute approximate surface area is 118 Å². The van der Waals surface area contributed by atoms with Gasteiger partial charge in [-0.05, 0) is 9.91 Å². The van der Waals surface area contributed by atoms with Crippen molar-refractivity contribution >= 4 is 17.7 Å². The number of carbonyl (C=O) groups is 2. The van der Waals surface area contributed by atoms with E-state index in [9.17, 15) is 24.8 Å². The Balaban J connectivity index is 1.94. The minimum Gasteiger partial charge on any atom is -0.480 e. The van der Waals surface area contributed by atoms with Gasteiger partial charge in [-0.2, -0.15) is 0 Å². The number of aliphatic carboxylic acids is 1. The Kier molecular flexibility index (Phi) is 4.17. The van der Waals surface area contributed by atoms with Crippen LogP contribution in [0.25, 0.3) is 0 Å². The van der Waals surface area contributed by atoms with Crippen LogP contribution in [0.3, 0.4) is 0 Å². The van der Waals surface area contributed by atoms with Crippen LogP contribution in [0.5, 0.6) is 0 Å². The first-order valence-electron chi connectivity index (χ1n) is 6.25. The van der Waals surface area contributed by atoms with E-state index in [-0.39, 0.29) is 31.7 Å². The number of aromatic nitrogens is 2. The zero-order valence-corrected chi connectivity index (χ0v) is 11.0. The van der Waals surface area contributed by atoms with E-state index in [4.69, 9.17) is 5.11 Å². The number of amides is 1. The standard InChI is InChI=1S/C11H14N4O6/c16-7-3-8(11(18)19)14(4-7)10(17)1-2-13-5-9(12-6-13)15(20)21/h5-8,16H,1-4H2,(H,18,19)/t7-,8-/m1/s1. The van der Waals surface area contributed by atoms with Crippen molar-refractivity contribution in [1.29, 1.82) is 0 Å². The zero-order chi connectivity index (χ0) is 15.6. The molecule has 1 fully saturated rings. The number of likely N-dealkylation sites (tertiary alicyclic amines) is 1. The summed E-state index contributed by atoms with van der Waals surface area (Å²) in [6.07, 6.45) is 1.57. The van der Waals surface area contributed by atoms with Crippen LogP contribution in [0.1, 0.15) is 12.8 Å². The first-order chi connectivity index (χ1) is 9.88. The topological polar surface area (TPSA) is 139 Å². The molecular formula is C11H14N4O6. The number of β-amino-alcohol motifs (C(OH)–C–C–N with tert-alkyl or cyclic N) is 1. The number of imidazole rings is 1. The second kappa shape index (κ2) is 5.87. The molecule has 1 aliphatic rings. The predicted molar refractivity (Wildman–Crippen MR) is 67.3 cm³/mol. The highest BCUT2D eigenvalue weighted by atomic mass is 16.6. The number of carboxylic acids is 1. The molecule has 2 rings (SSSR count). The summed E-state index contributed by atoms with van der Waals surface area (Å²) in [5.74, 6) is -1.89. The molecule has 114 valence electrons. The monoisotopic (exact) mass is 298 g/mol. The van der Waals surface area contributed by atoms with E-state index in [0.717, 1.165) is 4.90 Å². The molecule has 0 bridgehead atoms. The number of hydrogen-bond donors (Lipinski definition) is 2. The van der Waals surface area contributed by atoms with Crippen LogP contribution in [0.15, 0.2) is 12.5 Å². The third-order valence-electron chi connectivity index (χ3n) is 3.27. The fraction of sp³-hybridized carbons (Fsp3) is 0.545. The molecule has 0 aliphatic carbocycles. The summed E-state index contributed by atoms with van der Waals surface area (Å²) in [5.41, 5.74) is 0. The molecule has 0 unspecified atom stereocenters. The summed E-state index contributed by atoms with van der Waals surface area (Å²) in [4.78, 5) is 37.5. The van der Waals surface area contributed by atoms with Gasteiger partial charge in [0.15, 0.2) is 0 Å². The van der Waals surface area contributed by atoms with E-state index >= 15 is 0 Å². The first kappa shape index (κ1) is 14.9. The molecule has 10 heteroatoms. The highest BCUT2D eigenvalue weighted by Gasteiger charge is 2.38. The lowest BCUT2D eigenvalue weighted by Crippen LogP contribution is -2.40. The Morgan fingerprint density at radius 1 is 1.52 bits per heavy atom. The molecule has 10 nitrogen and oxygen atoms in total. The number of nitrogens with zero attached hydrogens (tertiary/aromatic N) is 4. The van der Waals surface area contributed by atoms with E-state index in [2.05, 4.69) is 4.98 Å². The minimum absolute atomic E-state index is 0.0115. The number of hydrogen-bond acceptors (Lipinski definition) is 6. The van der Waals surface area contributed by atoms with Crippen LogP contribution in [0.2, 0.25) is 0 Å². The van der Waals surface area contributed by atoms with Gasteiger partial charge in [0.25, 0.3) is 0 Å². The molecule has 1 amide bonds. The molecule has 2 heterocycles. The van der Waals surface area contributed by atoms with Gasteiger partial charge in [0.2, 0.25) is 12.2 Å². The van der Waals surface area contributed by atoms with Gasteiger partial charge in [0.05, 0.1) is 6.10 Å². The Hall–Kier alpha value is -2.49. The second-order valence-corrected chi connectivity index (χ2v) is 4.77. The van der Waals surface area contributed by atoms with Crippen molar-refractivity contribution in [3.05, 3.63) is 22.6 Å². The maximum atomic E-state index is 12.0. The number of carboxylic acid groups (broad SMARTS) is 1. The molecule has 0 saturated carbocycles. The predicted octanol–water partition coefficient (Wildman–Crippen LogP) is -0.772. The van der Waals surface area contributed by atoms with Crippen molar-refractivity contribution < 1.29 is 24.7 Å². The minimum atomic E-state index is -1.15. The molecule has 0 aromatic carbocycles. The lowest BCUT2D eigenvalue weighted by Gasteiger charge is -2.21. The van der Waals surface area contributed by atoms with Crippen LogP contribution >= 0.6 is 0 Å². The van der Waals surface area contributed by atoms with Crippen LogP contribution in [0, 0.1) is 10.1 Å². The fourth-order valence-corrected chi connectivity index (χ4v) is 2.26. The maximum Gasteiger partial charge on any atom is 0.381 e. The summed E-state index contributed by atoms with van der Waals surface area (Å²) in [6, 6.07) is -1.02. The smallest absolute Gasteiger partial charge is 0.381 e. The van der Waals surface area contributed by atoms with Crippen molar-refractivity contribution in [2.45, 2.75) is 31.5 Å². The van der Waals surface area contributed by atoms with Crippen LogP contribution < -0.4 is 0 Å². The highest BCUT2D eigenvalue weighted by molar-refractivity contribution is 5.84. The van der Waals surface area contributed by atoms with Gasteiger partial charge in [-0.25, -0.2) is 4.79 Å². The Morgan fingerprint density at radius 3 is 2.81 bits per heavy atom. The molecule has 2 N–H and O–H groups in total. The van der Waals surface area contributed by atoms with Gasteiger partial charge in [-0.3, -0.25) is 4.79 Å². The SMILES string of the molecule is O=C(O)[C@H]1C[C@@H](O)CN1C(=O)CCn1cnc([N+](=O)[O-])c1. The molecular weight excluding hydrogens is 284 g/mol. The van der Waals surface area contributed by atoms with Crippen molar-refractivity contribution in [3.8, 4) is 0 Å². The van der Waals surface area contributed by atoms with Crippen LogP contribution in [-0.2, 0) is 16.1 Å². The van der Waals surface area contributed by atoms with Crippen LogP contribution in [-0.4, -0.2) is 60.2 Å². The summed E-state index contributed by atoms with van der Waals surface area (Å²) < 4.78 is 1.39. The van der Waals surface area contributed by atoms with Crippen molar-refractivity contribution in [1.82, 2.24) is 14.5 Å². The lowest BCUT2D eigenvalue weighted by molar-refractivity contribution is -0.389. The average molecular weight is 298 g/mol. The normalized spacial score (nSPS) is 21.5.